The highest BCUT2D eigenvalue weighted by Crippen LogP contribution is 2.31. The van der Waals surface area contributed by atoms with Gasteiger partial charge in [-0.3, -0.25) is 4.79 Å². The molecule has 0 spiro atoms. The summed E-state index contributed by atoms with van der Waals surface area (Å²) in [5.41, 5.74) is 1.93. The fourth-order valence-electron chi connectivity index (χ4n) is 4.79. The molecule has 0 radical (unpaired) electrons. The number of methoxy groups -OCH3 is 1. The first-order chi connectivity index (χ1) is 21.7. The van der Waals surface area contributed by atoms with E-state index in [-0.39, 0.29) is 45.9 Å². The maximum absolute atomic E-state index is 13.9. The molecular formula is C32H37F2N5O6S. The highest BCUT2D eigenvalue weighted by molar-refractivity contribution is 7.91. The highest BCUT2D eigenvalue weighted by Gasteiger charge is 2.25. The van der Waals surface area contributed by atoms with Crippen LogP contribution < -0.4 is 10.6 Å². The minimum Gasteiger partial charge on any atom is -0.448 e. The summed E-state index contributed by atoms with van der Waals surface area (Å²) in [6, 6.07) is 11.1. The van der Waals surface area contributed by atoms with Crippen LogP contribution in [0.15, 0.2) is 64.4 Å². The molecule has 0 aliphatic carbocycles. The molecule has 4 aromatic rings. The number of halogens is 2. The van der Waals surface area contributed by atoms with Gasteiger partial charge in [-0.15, -0.1) is 5.10 Å². The second-order valence-corrected chi connectivity index (χ2v) is 13.0. The van der Waals surface area contributed by atoms with Gasteiger partial charge in [0.1, 0.15) is 11.6 Å². The van der Waals surface area contributed by atoms with Crippen LogP contribution in [0.5, 0.6) is 0 Å². The third-order valence-electron chi connectivity index (χ3n) is 7.34. The molecule has 0 saturated heterocycles. The van der Waals surface area contributed by atoms with Crippen molar-refractivity contribution in [1.82, 2.24) is 14.7 Å². The predicted molar refractivity (Wildman–Crippen MR) is 170 cm³/mol. The number of rotatable bonds is 12. The van der Waals surface area contributed by atoms with Gasteiger partial charge in [-0.2, -0.15) is 4.68 Å². The lowest BCUT2D eigenvalue weighted by Crippen LogP contribution is -2.27. The Hall–Kier alpha value is -4.40. The Bertz CT molecular complexity index is 1840. The van der Waals surface area contributed by atoms with Crippen molar-refractivity contribution in [2.24, 2.45) is 0 Å². The minimum absolute atomic E-state index is 0.0347. The topological polar surface area (TPSA) is 132 Å². The molecule has 2 unspecified atom stereocenters. The number of hydrogen-bond acceptors (Lipinski definition) is 9. The number of carbonyl (C=O) groups excluding carboxylic acids is 2. The molecule has 1 amide bonds. The van der Waals surface area contributed by atoms with Gasteiger partial charge in [0.05, 0.1) is 34.1 Å². The molecule has 0 aliphatic rings. The largest absolute Gasteiger partial charge is 0.448 e. The number of amides is 1. The van der Waals surface area contributed by atoms with Crippen molar-refractivity contribution in [2.75, 3.05) is 45.1 Å². The summed E-state index contributed by atoms with van der Waals surface area (Å²) in [5.74, 6) is -2.84. The number of benzene rings is 3. The van der Waals surface area contributed by atoms with Crippen LogP contribution in [0, 0.1) is 11.6 Å². The van der Waals surface area contributed by atoms with Crippen molar-refractivity contribution in [3.63, 3.8) is 0 Å². The van der Waals surface area contributed by atoms with Gasteiger partial charge < -0.3 is 25.0 Å². The van der Waals surface area contributed by atoms with E-state index in [4.69, 9.17) is 9.47 Å². The van der Waals surface area contributed by atoms with Crippen LogP contribution in [0.3, 0.4) is 0 Å². The summed E-state index contributed by atoms with van der Waals surface area (Å²) < 4.78 is 65.8. The number of nitrogens with one attached hydrogen (secondary N) is 2. The highest BCUT2D eigenvalue weighted by atomic mass is 32.2. The molecule has 11 nitrogen and oxygen atoms in total. The number of anilines is 2. The maximum Gasteiger partial charge on any atom is 0.435 e. The van der Waals surface area contributed by atoms with Gasteiger partial charge in [0, 0.05) is 36.3 Å². The zero-order valence-electron chi connectivity index (χ0n) is 26.4. The Balaban J connectivity index is 1.79. The van der Waals surface area contributed by atoms with E-state index in [1.165, 1.54) is 18.2 Å². The second-order valence-electron chi connectivity index (χ2n) is 11.1. The van der Waals surface area contributed by atoms with Crippen molar-refractivity contribution in [3.8, 4) is 0 Å². The summed E-state index contributed by atoms with van der Waals surface area (Å²) in [6.45, 7) is 6.01. The SMILES string of the molecule is CCOC(=O)n1nc(NC(=O)c2ccc(CC(C)N(C)C)cc2NC(C)COC)c2cc(S(=O)(=O)c3cc(F)cc(F)c3)ccc21. The zero-order chi connectivity index (χ0) is 33.8. The summed E-state index contributed by atoms with van der Waals surface area (Å²) in [5, 5.41) is 10.3. The molecule has 0 aliphatic heterocycles. The van der Waals surface area contributed by atoms with Gasteiger partial charge in [-0.25, -0.2) is 22.0 Å². The van der Waals surface area contributed by atoms with E-state index < -0.39 is 38.4 Å². The van der Waals surface area contributed by atoms with Crippen LogP contribution in [0.25, 0.3) is 10.9 Å². The van der Waals surface area contributed by atoms with E-state index in [1.54, 1.807) is 20.1 Å². The van der Waals surface area contributed by atoms with Gasteiger partial charge in [0.25, 0.3) is 5.91 Å². The molecule has 2 N–H and O–H groups in total. The van der Waals surface area contributed by atoms with Crippen molar-refractivity contribution >= 4 is 44.2 Å². The molecular weight excluding hydrogens is 620 g/mol. The molecule has 0 bridgehead atoms. The minimum atomic E-state index is -4.41. The molecule has 246 valence electrons. The lowest BCUT2D eigenvalue weighted by atomic mass is 10.0. The lowest BCUT2D eigenvalue weighted by Gasteiger charge is -2.22. The number of nitrogens with zero attached hydrogens (tertiary/aromatic N) is 3. The number of likely N-dealkylation sites (N-methyl/N-ethyl adjacent to an activating group) is 1. The Kier molecular flexibility index (Phi) is 10.8. The van der Waals surface area contributed by atoms with Gasteiger partial charge in [0.2, 0.25) is 9.84 Å². The molecule has 14 heteroatoms. The van der Waals surface area contributed by atoms with Crippen LogP contribution in [0.2, 0.25) is 0 Å². The molecule has 1 aromatic heterocycles. The number of hydrogen-bond donors (Lipinski definition) is 2. The summed E-state index contributed by atoms with van der Waals surface area (Å²) in [4.78, 5) is 27.7. The van der Waals surface area contributed by atoms with Crippen LogP contribution in [0.4, 0.5) is 25.1 Å². The monoisotopic (exact) mass is 657 g/mol. The van der Waals surface area contributed by atoms with Crippen LogP contribution in [0.1, 0.15) is 36.7 Å². The normalized spacial score (nSPS) is 13.1. The maximum atomic E-state index is 13.9. The summed E-state index contributed by atoms with van der Waals surface area (Å²) >= 11 is 0. The van der Waals surface area contributed by atoms with Gasteiger partial charge >= 0.3 is 6.09 Å². The molecule has 2 atom stereocenters. The van der Waals surface area contributed by atoms with Crippen molar-refractivity contribution in [1.29, 1.82) is 0 Å². The summed E-state index contributed by atoms with van der Waals surface area (Å²) in [6.07, 6.45) is -0.130. The third-order valence-corrected chi connectivity index (χ3v) is 9.07. The standard InChI is InChI=1S/C32H37F2N5O6S/c1-7-45-32(41)39-29-11-9-24(46(42,43)25-15-22(33)14-23(34)16-25)17-27(29)30(37-39)36-31(40)26-10-8-21(12-20(3)38(4)5)13-28(26)35-19(2)18-44-6/h8-11,13-17,19-20,35H,7,12,18H2,1-6H3,(H,36,37,40). The van der Waals surface area contributed by atoms with E-state index in [0.717, 1.165) is 16.7 Å². The zero-order valence-corrected chi connectivity index (χ0v) is 27.2. The number of ether oxygens (including phenoxy) is 2. The van der Waals surface area contributed by atoms with Crippen LogP contribution in [-0.2, 0) is 25.7 Å². The van der Waals surface area contributed by atoms with Gasteiger partial charge in [-0.05, 0) is 89.3 Å². The van der Waals surface area contributed by atoms with Crippen molar-refractivity contribution in [2.45, 2.75) is 49.1 Å². The Morgan fingerprint density at radius 1 is 1.00 bits per heavy atom. The number of carbonyl (C=O) groups is 2. The average molecular weight is 658 g/mol. The van der Waals surface area contributed by atoms with E-state index >= 15 is 0 Å². The number of fused-ring (bicyclic) bond motifs is 1. The van der Waals surface area contributed by atoms with Crippen molar-refractivity contribution < 1.29 is 36.3 Å². The van der Waals surface area contributed by atoms with Crippen molar-refractivity contribution in [3.05, 3.63) is 77.4 Å². The molecule has 4 rings (SSSR count). The van der Waals surface area contributed by atoms with Gasteiger partial charge in [-0.1, -0.05) is 6.07 Å². The quantitative estimate of drug-likeness (QED) is 0.207. The molecule has 1 heterocycles. The lowest BCUT2D eigenvalue weighted by molar-refractivity contribution is 0.102. The molecule has 0 fully saturated rings. The fourth-order valence-corrected chi connectivity index (χ4v) is 6.12. The molecule has 0 saturated carbocycles. The Morgan fingerprint density at radius 2 is 1.70 bits per heavy atom. The Labute approximate surface area is 266 Å². The first-order valence-electron chi connectivity index (χ1n) is 14.5. The smallest absolute Gasteiger partial charge is 0.435 e. The predicted octanol–water partition coefficient (Wildman–Crippen LogP) is 5.34. The molecule has 46 heavy (non-hydrogen) atoms. The first kappa shape index (κ1) is 34.5. The van der Waals surface area contributed by atoms with Gasteiger partial charge in [0.15, 0.2) is 5.82 Å². The fraction of sp³-hybridized carbons (Fsp3) is 0.344. The van der Waals surface area contributed by atoms with Crippen LogP contribution in [-0.4, -0.2) is 81.6 Å². The van der Waals surface area contributed by atoms with Crippen LogP contribution >= 0.6 is 0 Å². The van der Waals surface area contributed by atoms with E-state index in [1.807, 2.05) is 33.2 Å². The first-order valence-corrected chi connectivity index (χ1v) is 16.0. The average Bonchev–Trinajstić information content (AvgIpc) is 3.34. The second kappa shape index (κ2) is 14.4. The molecule has 3 aromatic carbocycles. The summed E-state index contributed by atoms with van der Waals surface area (Å²) in [7, 11) is 1.13. The van der Waals surface area contributed by atoms with E-state index in [0.29, 0.717) is 30.5 Å². The Morgan fingerprint density at radius 3 is 2.33 bits per heavy atom. The number of aromatic nitrogens is 2. The van der Waals surface area contributed by atoms with E-state index in [9.17, 15) is 26.8 Å². The third kappa shape index (κ3) is 7.69. The van der Waals surface area contributed by atoms with E-state index in [2.05, 4.69) is 27.6 Å². The number of sulfone groups is 1.